The van der Waals surface area contributed by atoms with Gasteiger partial charge in [-0.3, -0.25) is 4.79 Å². The maximum Gasteiger partial charge on any atom is 0.282 e. The average Bonchev–Trinajstić information content (AvgIpc) is 2.81. The predicted molar refractivity (Wildman–Crippen MR) is 121 cm³/mol. The summed E-state index contributed by atoms with van der Waals surface area (Å²) in [5.74, 6) is -0.0921. The summed E-state index contributed by atoms with van der Waals surface area (Å²) in [6.07, 6.45) is 0. The van der Waals surface area contributed by atoms with Crippen molar-refractivity contribution in [3.05, 3.63) is 90.2 Å². The van der Waals surface area contributed by atoms with E-state index in [-0.39, 0.29) is 17.8 Å². The van der Waals surface area contributed by atoms with Gasteiger partial charge in [0, 0.05) is 16.8 Å². The van der Waals surface area contributed by atoms with Crippen LogP contribution >= 0.6 is 0 Å². The van der Waals surface area contributed by atoms with E-state index in [1.165, 1.54) is 15.9 Å². The molecule has 1 saturated heterocycles. The van der Waals surface area contributed by atoms with Crippen LogP contribution in [0.5, 0.6) is 0 Å². The van der Waals surface area contributed by atoms with E-state index in [2.05, 4.69) is 17.4 Å². The SMILES string of the molecule is C[C@H](C(=O)Nc1ccccc1-c1ccccc1)[NH+]1CC[NH+](Cc2ccccc2F)CC1. The summed E-state index contributed by atoms with van der Waals surface area (Å²) < 4.78 is 13.9. The highest BCUT2D eigenvalue weighted by Gasteiger charge is 2.31. The molecule has 1 atom stereocenters. The largest absolute Gasteiger partial charge is 0.322 e. The minimum Gasteiger partial charge on any atom is -0.322 e. The lowest BCUT2D eigenvalue weighted by atomic mass is 10.0. The van der Waals surface area contributed by atoms with Gasteiger partial charge in [-0.25, -0.2) is 4.39 Å². The smallest absolute Gasteiger partial charge is 0.282 e. The van der Waals surface area contributed by atoms with Gasteiger partial charge in [0.15, 0.2) is 6.04 Å². The van der Waals surface area contributed by atoms with Crippen LogP contribution in [0.2, 0.25) is 0 Å². The Labute approximate surface area is 183 Å². The quantitative estimate of drug-likeness (QED) is 0.560. The Hall–Kier alpha value is -3.02. The van der Waals surface area contributed by atoms with Crippen LogP contribution in [0.15, 0.2) is 78.9 Å². The van der Waals surface area contributed by atoms with E-state index in [0.717, 1.165) is 48.6 Å². The van der Waals surface area contributed by atoms with E-state index < -0.39 is 0 Å². The van der Waals surface area contributed by atoms with Crippen molar-refractivity contribution in [2.75, 3.05) is 31.5 Å². The molecule has 3 N–H and O–H groups in total. The number of quaternary nitrogens is 2. The van der Waals surface area contributed by atoms with Gasteiger partial charge < -0.3 is 15.1 Å². The minimum atomic E-state index is -0.140. The molecule has 4 rings (SSSR count). The molecule has 0 aromatic heterocycles. The number of hydrogen-bond acceptors (Lipinski definition) is 1. The summed E-state index contributed by atoms with van der Waals surface area (Å²) >= 11 is 0. The molecule has 1 aliphatic heterocycles. The molecule has 31 heavy (non-hydrogen) atoms. The molecule has 0 aliphatic carbocycles. The van der Waals surface area contributed by atoms with E-state index in [9.17, 15) is 9.18 Å². The van der Waals surface area contributed by atoms with Gasteiger partial charge in [-0.15, -0.1) is 0 Å². The van der Waals surface area contributed by atoms with Gasteiger partial charge in [0.25, 0.3) is 5.91 Å². The number of amides is 1. The summed E-state index contributed by atoms with van der Waals surface area (Å²) in [4.78, 5) is 15.7. The Bertz CT molecular complexity index is 1020. The first-order valence-corrected chi connectivity index (χ1v) is 11.0. The van der Waals surface area contributed by atoms with Crippen molar-refractivity contribution in [1.29, 1.82) is 0 Å². The molecule has 1 aliphatic rings. The summed E-state index contributed by atoms with van der Waals surface area (Å²) in [7, 11) is 0. The lowest BCUT2D eigenvalue weighted by molar-refractivity contribution is -1.02. The Morgan fingerprint density at radius 3 is 2.29 bits per heavy atom. The highest BCUT2D eigenvalue weighted by molar-refractivity contribution is 5.97. The van der Waals surface area contributed by atoms with Crippen LogP contribution in [-0.2, 0) is 11.3 Å². The summed E-state index contributed by atoms with van der Waals surface area (Å²) in [6, 6.07) is 24.9. The van der Waals surface area contributed by atoms with E-state index in [0.29, 0.717) is 6.54 Å². The topological polar surface area (TPSA) is 38.0 Å². The molecule has 5 heteroatoms. The lowest BCUT2D eigenvalue weighted by Gasteiger charge is -2.32. The number of rotatable bonds is 6. The molecule has 0 bridgehead atoms. The second-order valence-electron chi connectivity index (χ2n) is 8.30. The number of piperazine rings is 1. The third-order valence-corrected chi connectivity index (χ3v) is 6.27. The van der Waals surface area contributed by atoms with Crippen molar-refractivity contribution in [2.24, 2.45) is 0 Å². The maximum absolute atomic E-state index is 13.9. The summed E-state index contributed by atoms with van der Waals surface area (Å²) in [5, 5.41) is 3.15. The van der Waals surface area contributed by atoms with Crippen molar-refractivity contribution < 1.29 is 19.0 Å². The Morgan fingerprint density at radius 2 is 1.55 bits per heavy atom. The normalized spacial score (nSPS) is 19.5. The molecule has 3 aromatic carbocycles. The molecular weight excluding hydrogens is 389 g/mol. The minimum absolute atomic E-state index is 0.0379. The van der Waals surface area contributed by atoms with Crippen LogP contribution in [-0.4, -0.2) is 38.1 Å². The molecule has 0 saturated carbocycles. The third-order valence-electron chi connectivity index (χ3n) is 6.27. The van der Waals surface area contributed by atoms with Crippen molar-refractivity contribution in [2.45, 2.75) is 19.5 Å². The van der Waals surface area contributed by atoms with Crippen molar-refractivity contribution in [3.63, 3.8) is 0 Å². The zero-order valence-electron chi connectivity index (χ0n) is 17.9. The number of nitrogens with one attached hydrogen (secondary N) is 3. The van der Waals surface area contributed by atoms with Crippen LogP contribution in [0.1, 0.15) is 12.5 Å². The highest BCUT2D eigenvalue weighted by Crippen LogP contribution is 2.27. The van der Waals surface area contributed by atoms with Gasteiger partial charge in [0.05, 0.1) is 0 Å². The first-order valence-electron chi connectivity index (χ1n) is 11.0. The molecule has 1 fully saturated rings. The number of benzene rings is 3. The van der Waals surface area contributed by atoms with Crippen LogP contribution in [0, 0.1) is 5.82 Å². The molecule has 4 nitrogen and oxygen atoms in total. The number of anilines is 1. The third kappa shape index (κ3) is 5.19. The van der Waals surface area contributed by atoms with Crippen LogP contribution in [0.3, 0.4) is 0 Å². The molecule has 0 radical (unpaired) electrons. The highest BCUT2D eigenvalue weighted by atomic mass is 19.1. The van der Waals surface area contributed by atoms with E-state index in [1.807, 2.05) is 61.5 Å². The fraction of sp³-hybridized carbons (Fsp3) is 0.269. The average molecular weight is 420 g/mol. The number of carbonyl (C=O) groups is 1. The number of para-hydroxylation sites is 1. The molecule has 0 unspecified atom stereocenters. The zero-order valence-corrected chi connectivity index (χ0v) is 17.9. The van der Waals surface area contributed by atoms with Crippen molar-refractivity contribution >= 4 is 11.6 Å². The van der Waals surface area contributed by atoms with Gasteiger partial charge in [-0.05, 0) is 24.6 Å². The number of carbonyl (C=O) groups excluding carboxylic acids is 1. The fourth-order valence-electron chi connectivity index (χ4n) is 4.33. The second kappa shape index (κ2) is 9.86. The maximum atomic E-state index is 13.9. The predicted octanol–water partition coefficient (Wildman–Crippen LogP) is 1.80. The van der Waals surface area contributed by atoms with Gasteiger partial charge >= 0.3 is 0 Å². The number of halogens is 1. The summed E-state index contributed by atoms with van der Waals surface area (Å²) in [6.45, 7) is 6.36. The van der Waals surface area contributed by atoms with Gasteiger partial charge in [0.2, 0.25) is 0 Å². The molecule has 1 heterocycles. The molecule has 3 aromatic rings. The van der Waals surface area contributed by atoms with Crippen molar-refractivity contribution in [3.8, 4) is 11.1 Å². The monoisotopic (exact) mass is 419 g/mol. The molecule has 0 spiro atoms. The Balaban J connectivity index is 1.35. The van der Waals surface area contributed by atoms with Crippen molar-refractivity contribution in [1.82, 2.24) is 0 Å². The number of hydrogen-bond donors (Lipinski definition) is 3. The van der Waals surface area contributed by atoms with Gasteiger partial charge in [-0.2, -0.15) is 0 Å². The van der Waals surface area contributed by atoms with Gasteiger partial charge in [-0.1, -0.05) is 66.7 Å². The Morgan fingerprint density at radius 1 is 0.903 bits per heavy atom. The van der Waals surface area contributed by atoms with Gasteiger partial charge in [0.1, 0.15) is 38.5 Å². The van der Waals surface area contributed by atoms with Crippen LogP contribution in [0.4, 0.5) is 10.1 Å². The molecule has 1 amide bonds. The van der Waals surface area contributed by atoms with E-state index in [4.69, 9.17) is 0 Å². The zero-order chi connectivity index (χ0) is 21.6. The standard InChI is InChI=1S/C26H28FN3O/c1-20(30-17-15-29(16-18-30)19-22-11-5-7-13-24(22)27)26(31)28-25-14-8-6-12-23(25)21-9-3-2-4-10-21/h2-14,20H,15-19H2,1H3,(H,28,31)/p+2/t20-/m1/s1. The van der Waals surface area contributed by atoms with Crippen LogP contribution < -0.4 is 15.1 Å². The van der Waals surface area contributed by atoms with E-state index >= 15 is 0 Å². The van der Waals surface area contributed by atoms with Crippen LogP contribution in [0.25, 0.3) is 11.1 Å². The van der Waals surface area contributed by atoms with E-state index in [1.54, 1.807) is 6.07 Å². The first kappa shape index (κ1) is 21.2. The summed E-state index contributed by atoms with van der Waals surface area (Å²) in [5.41, 5.74) is 3.72. The fourth-order valence-corrected chi connectivity index (χ4v) is 4.33. The lowest BCUT2D eigenvalue weighted by Crippen LogP contribution is -3.29. The molecular formula is C26H30FN3O+2. The first-order chi connectivity index (χ1) is 15.1. The molecule has 160 valence electrons. The second-order valence-corrected chi connectivity index (χ2v) is 8.30. The Kier molecular flexibility index (Phi) is 6.75.